The Morgan fingerprint density at radius 1 is 0.889 bits per heavy atom. The first-order chi connectivity index (χ1) is 16.8. The van der Waals surface area contributed by atoms with E-state index in [9.17, 15) is 0 Å². The third-order valence-corrected chi connectivity index (χ3v) is 5.46. The molecule has 11 heteroatoms. The van der Waals surface area contributed by atoms with Crippen molar-refractivity contribution in [2.45, 2.75) is 39.7 Å². The minimum atomic E-state index is 0. The molecule has 4 aromatic heterocycles. The van der Waals surface area contributed by atoms with Gasteiger partial charge in [0.1, 0.15) is 11.5 Å². The van der Waals surface area contributed by atoms with Crippen molar-refractivity contribution in [1.82, 2.24) is 49.0 Å². The predicted molar refractivity (Wildman–Crippen MR) is 132 cm³/mol. The fourth-order valence-electron chi connectivity index (χ4n) is 3.39. The van der Waals surface area contributed by atoms with Gasteiger partial charge in [0.15, 0.2) is 0 Å². The summed E-state index contributed by atoms with van der Waals surface area (Å²) in [5.41, 5.74) is 3.78. The van der Waals surface area contributed by atoms with Crippen LogP contribution in [-0.4, -0.2) is 49.0 Å². The zero-order valence-electron chi connectivity index (χ0n) is 21.1. The van der Waals surface area contributed by atoms with Crippen LogP contribution in [0.25, 0.3) is 34.4 Å². The van der Waals surface area contributed by atoms with Crippen molar-refractivity contribution in [3.8, 4) is 34.4 Å². The van der Waals surface area contributed by atoms with Gasteiger partial charge in [0.25, 0.3) is 0 Å². The third-order valence-electron chi connectivity index (χ3n) is 5.46. The van der Waals surface area contributed by atoms with E-state index in [1.807, 2.05) is 26.5 Å². The van der Waals surface area contributed by atoms with Gasteiger partial charge in [0.2, 0.25) is 5.82 Å². The van der Waals surface area contributed by atoms with Crippen LogP contribution < -0.4 is 0 Å². The number of hydrogen-bond acceptors (Lipinski definition) is 7. The topological polar surface area (TPSA) is 105 Å². The second-order valence-corrected chi connectivity index (χ2v) is 8.70. The maximum atomic E-state index is 4.41. The van der Waals surface area contributed by atoms with Gasteiger partial charge in [-0.1, -0.05) is 26.0 Å². The molecule has 4 heterocycles. The zero-order chi connectivity index (χ0) is 24.9. The van der Waals surface area contributed by atoms with Crippen LogP contribution in [0.15, 0.2) is 49.4 Å². The molecule has 0 bridgehead atoms. The molecule has 1 aromatic carbocycles. The SMILES string of the molecule is CC(C)c1c[c-]c(-c2nccn2C(C)C)cc1.Cn1cn[c-]c1-c1nnc(-c2cncn2C)nn1.[Ir]. The number of rotatable bonds is 5. The molecule has 0 aliphatic rings. The molecule has 36 heavy (non-hydrogen) atoms. The summed E-state index contributed by atoms with van der Waals surface area (Å²) in [6.45, 7) is 8.71. The van der Waals surface area contributed by atoms with Gasteiger partial charge in [-0.2, -0.15) is 10.2 Å². The van der Waals surface area contributed by atoms with E-state index in [1.165, 1.54) is 5.56 Å². The molecular formula is C25H28IrN10-2. The Kier molecular flexibility index (Phi) is 8.95. The summed E-state index contributed by atoms with van der Waals surface area (Å²) in [4.78, 5) is 12.3. The first-order valence-corrected chi connectivity index (χ1v) is 11.3. The summed E-state index contributed by atoms with van der Waals surface area (Å²) in [5.74, 6) is 2.36. The Balaban J connectivity index is 0.000000196. The fourth-order valence-corrected chi connectivity index (χ4v) is 3.39. The van der Waals surface area contributed by atoms with E-state index in [0.717, 1.165) is 17.1 Å². The van der Waals surface area contributed by atoms with Gasteiger partial charge in [0.05, 0.1) is 18.3 Å². The average Bonchev–Trinajstić information content (AvgIpc) is 3.61. The Bertz CT molecular complexity index is 1310. The third kappa shape index (κ3) is 5.98. The summed E-state index contributed by atoms with van der Waals surface area (Å²) in [6, 6.07) is 10.1. The molecule has 0 aliphatic carbocycles. The van der Waals surface area contributed by atoms with Crippen molar-refractivity contribution in [2.75, 3.05) is 0 Å². The average molecular weight is 661 g/mol. The Morgan fingerprint density at radius 2 is 1.61 bits per heavy atom. The molecule has 10 nitrogen and oxygen atoms in total. The van der Waals surface area contributed by atoms with Crippen LogP contribution in [0.1, 0.15) is 45.2 Å². The van der Waals surface area contributed by atoms with Crippen LogP contribution in [0, 0.1) is 12.3 Å². The van der Waals surface area contributed by atoms with Gasteiger partial charge >= 0.3 is 0 Å². The van der Waals surface area contributed by atoms with E-state index >= 15 is 0 Å². The molecule has 0 fully saturated rings. The predicted octanol–water partition coefficient (Wildman–Crippen LogP) is 3.92. The minimum Gasteiger partial charge on any atom is -0.404 e. The van der Waals surface area contributed by atoms with Crippen LogP contribution in [0.2, 0.25) is 0 Å². The number of aromatic nitrogens is 10. The smallest absolute Gasteiger partial charge is 0.219 e. The van der Waals surface area contributed by atoms with Crippen LogP contribution in [0.3, 0.4) is 0 Å². The Morgan fingerprint density at radius 3 is 2.14 bits per heavy atom. The molecule has 0 amide bonds. The van der Waals surface area contributed by atoms with E-state index in [0.29, 0.717) is 29.3 Å². The summed E-state index contributed by atoms with van der Waals surface area (Å²) >= 11 is 0. The molecule has 189 valence electrons. The molecule has 0 spiro atoms. The van der Waals surface area contributed by atoms with Crippen molar-refractivity contribution < 1.29 is 20.1 Å². The maximum Gasteiger partial charge on any atom is 0.219 e. The van der Waals surface area contributed by atoms with E-state index in [-0.39, 0.29) is 20.1 Å². The van der Waals surface area contributed by atoms with Gasteiger partial charge in [-0.05, 0) is 32.9 Å². The van der Waals surface area contributed by atoms with Gasteiger partial charge in [0, 0.05) is 45.6 Å². The first kappa shape index (κ1) is 27.0. The number of aryl methyl sites for hydroxylation is 2. The number of imidazole rings is 3. The van der Waals surface area contributed by atoms with Crippen LogP contribution >= 0.6 is 0 Å². The van der Waals surface area contributed by atoms with Gasteiger partial charge in [-0.3, -0.25) is 4.98 Å². The number of benzene rings is 1. The summed E-state index contributed by atoms with van der Waals surface area (Å²) in [7, 11) is 3.69. The van der Waals surface area contributed by atoms with Crippen LogP contribution in [-0.2, 0) is 34.2 Å². The molecule has 0 unspecified atom stereocenters. The Hall–Kier alpha value is -3.56. The molecule has 0 N–H and O–H groups in total. The zero-order valence-corrected chi connectivity index (χ0v) is 23.5. The van der Waals surface area contributed by atoms with Crippen molar-refractivity contribution in [3.63, 3.8) is 0 Å². The van der Waals surface area contributed by atoms with Crippen molar-refractivity contribution >= 4 is 0 Å². The van der Waals surface area contributed by atoms with Crippen molar-refractivity contribution in [3.05, 3.63) is 67.3 Å². The molecule has 0 atom stereocenters. The van der Waals surface area contributed by atoms with E-state index in [1.54, 1.807) is 28.0 Å². The quantitative estimate of drug-likeness (QED) is 0.263. The number of nitrogens with zero attached hydrogens (tertiary/aromatic N) is 10. The molecular weight excluding hydrogens is 633 g/mol. The summed E-state index contributed by atoms with van der Waals surface area (Å²) < 4.78 is 5.72. The minimum absolute atomic E-state index is 0. The van der Waals surface area contributed by atoms with Crippen LogP contribution in [0.4, 0.5) is 0 Å². The second-order valence-electron chi connectivity index (χ2n) is 8.70. The van der Waals surface area contributed by atoms with Gasteiger partial charge in [-0.25, -0.2) is 4.98 Å². The molecule has 1 radical (unpaired) electrons. The molecule has 0 aliphatic heterocycles. The van der Waals surface area contributed by atoms with Crippen LogP contribution in [0.5, 0.6) is 0 Å². The standard InChI is InChI=1S/C15H19N2.C10H9N8.Ir/c1-11(2)13-5-7-14(8-6-13)15-16-9-10-17(15)12(3)4;1-17-5-11-3-7(17)9-13-15-10(16-14-9)8-4-12-6-18(8)2;/h5-7,9-12H,1-4H3;3,5-6H,1-2H3;/q2*-1;. The maximum absolute atomic E-state index is 4.41. The summed E-state index contributed by atoms with van der Waals surface area (Å²) in [5, 5.41) is 16.1. The molecule has 0 saturated carbocycles. The molecule has 5 rings (SSSR count). The van der Waals surface area contributed by atoms with E-state index in [4.69, 9.17) is 0 Å². The molecule has 5 aromatic rings. The summed E-state index contributed by atoms with van der Waals surface area (Å²) in [6.07, 6.45) is 11.6. The van der Waals surface area contributed by atoms with E-state index < -0.39 is 0 Å². The van der Waals surface area contributed by atoms with Gasteiger partial charge < -0.3 is 18.7 Å². The van der Waals surface area contributed by atoms with Gasteiger partial charge in [-0.15, -0.1) is 45.6 Å². The van der Waals surface area contributed by atoms with Crippen molar-refractivity contribution in [2.24, 2.45) is 14.1 Å². The normalized spacial score (nSPS) is 10.8. The number of hydrogen-bond donors (Lipinski definition) is 0. The fraction of sp³-hybridized carbons (Fsp3) is 0.320. The molecule has 0 saturated heterocycles. The first-order valence-electron chi connectivity index (χ1n) is 11.3. The van der Waals surface area contributed by atoms with E-state index in [2.05, 4.69) is 98.1 Å². The largest absolute Gasteiger partial charge is 0.404 e. The second kappa shape index (κ2) is 11.9. The monoisotopic (exact) mass is 661 g/mol. The Labute approximate surface area is 224 Å². The van der Waals surface area contributed by atoms with Crippen molar-refractivity contribution in [1.29, 1.82) is 0 Å².